The summed E-state index contributed by atoms with van der Waals surface area (Å²) in [5.74, 6) is -0.459. The number of aryl methyl sites for hydroxylation is 1. The predicted octanol–water partition coefficient (Wildman–Crippen LogP) is 4.26. The molecule has 2 aromatic carbocycles. The highest BCUT2D eigenvalue weighted by Crippen LogP contribution is 2.21. The summed E-state index contributed by atoms with van der Waals surface area (Å²) in [5.41, 5.74) is 3.34. The van der Waals surface area contributed by atoms with Crippen molar-refractivity contribution >= 4 is 35.0 Å². The van der Waals surface area contributed by atoms with Gasteiger partial charge in [0.25, 0.3) is 5.91 Å². The molecule has 1 N–H and O–H groups in total. The Hall–Kier alpha value is -2.77. The first-order chi connectivity index (χ1) is 11.4. The van der Waals surface area contributed by atoms with Crippen LogP contribution in [-0.4, -0.2) is 20.0 Å². The van der Waals surface area contributed by atoms with Crippen molar-refractivity contribution in [3.05, 3.63) is 64.2 Å². The van der Waals surface area contributed by atoms with E-state index in [1.54, 1.807) is 18.2 Å². The number of benzene rings is 2. The molecule has 0 unspecified atom stereocenters. The zero-order valence-corrected chi connectivity index (χ0v) is 14.6. The molecule has 0 saturated carbocycles. The normalized spacial score (nSPS) is 10.9. The van der Waals surface area contributed by atoms with Crippen LogP contribution in [0.4, 0.5) is 11.4 Å². The van der Waals surface area contributed by atoms with Crippen molar-refractivity contribution in [1.29, 1.82) is 5.26 Å². The van der Waals surface area contributed by atoms with Crippen molar-refractivity contribution in [2.24, 2.45) is 0 Å². The fourth-order valence-corrected chi connectivity index (χ4v) is 2.27. The van der Waals surface area contributed by atoms with Crippen LogP contribution in [0, 0.1) is 18.3 Å². The van der Waals surface area contributed by atoms with Gasteiger partial charge in [0.1, 0.15) is 11.6 Å². The molecule has 4 nitrogen and oxygen atoms in total. The summed E-state index contributed by atoms with van der Waals surface area (Å²) in [6.45, 7) is 1.86. The Morgan fingerprint density at radius 1 is 1.21 bits per heavy atom. The van der Waals surface area contributed by atoms with E-state index in [0.29, 0.717) is 10.7 Å². The highest BCUT2D eigenvalue weighted by Gasteiger charge is 2.11. The smallest absolute Gasteiger partial charge is 0.266 e. The molecule has 1 amide bonds. The minimum absolute atomic E-state index is 0.0342. The van der Waals surface area contributed by atoms with Crippen molar-refractivity contribution in [2.75, 3.05) is 24.3 Å². The molecule has 122 valence electrons. The lowest BCUT2D eigenvalue weighted by Gasteiger charge is -2.12. The minimum Gasteiger partial charge on any atom is -0.378 e. The number of halogens is 1. The number of rotatable bonds is 4. The average Bonchev–Trinajstić information content (AvgIpc) is 2.56. The summed E-state index contributed by atoms with van der Waals surface area (Å²) in [6.07, 6.45) is 1.56. The maximum Gasteiger partial charge on any atom is 0.266 e. The molecule has 0 atom stereocenters. The van der Waals surface area contributed by atoms with Gasteiger partial charge in [-0.05, 0) is 48.4 Å². The van der Waals surface area contributed by atoms with Crippen LogP contribution in [0.15, 0.2) is 48.0 Å². The highest BCUT2D eigenvalue weighted by atomic mass is 35.5. The Labute approximate surface area is 147 Å². The molecule has 2 rings (SSSR count). The van der Waals surface area contributed by atoms with Crippen LogP contribution in [0.3, 0.4) is 0 Å². The second-order valence-electron chi connectivity index (χ2n) is 5.57. The van der Waals surface area contributed by atoms with E-state index in [1.807, 2.05) is 62.3 Å². The third kappa shape index (κ3) is 4.37. The van der Waals surface area contributed by atoms with Crippen LogP contribution in [0.5, 0.6) is 0 Å². The molecule has 0 bridgehead atoms. The van der Waals surface area contributed by atoms with Crippen LogP contribution < -0.4 is 10.2 Å². The van der Waals surface area contributed by atoms with Crippen molar-refractivity contribution in [3.63, 3.8) is 0 Å². The molecule has 2 aromatic rings. The summed E-state index contributed by atoms with van der Waals surface area (Å²) >= 11 is 5.95. The van der Waals surface area contributed by atoms with Gasteiger partial charge in [0, 0.05) is 30.5 Å². The number of amides is 1. The van der Waals surface area contributed by atoms with Crippen molar-refractivity contribution in [3.8, 4) is 6.07 Å². The molecule has 5 heteroatoms. The van der Waals surface area contributed by atoms with Gasteiger partial charge in [-0.3, -0.25) is 4.79 Å². The Morgan fingerprint density at radius 3 is 2.46 bits per heavy atom. The maximum absolute atomic E-state index is 12.3. The Morgan fingerprint density at radius 2 is 1.88 bits per heavy atom. The highest BCUT2D eigenvalue weighted by molar-refractivity contribution is 6.31. The second-order valence-corrected chi connectivity index (χ2v) is 6.01. The molecular formula is C19H18ClN3O. The van der Waals surface area contributed by atoms with E-state index >= 15 is 0 Å². The lowest BCUT2D eigenvalue weighted by atomic mass is 10.1. The molecule has 24 heavy (non-hydrogen) atoms. The van der Waals surface area contributed by atoms with Gasteiger partial charge in [-0.1, -0.05) is 29.8 Å². The van der Waals surface area contributed by atoms with Crippen molar-refractivity contribution < 1.29 is 4.79 Å². The van der Waals surface area contributed by atoms with Crippen LogP contribution in [0.25, 0.3) is 6.08 Å². The number of hydrogen-bond donors (Lipinski definition) is 1. The van der Waals surface area contributed by atoms with E-state index < -0.39 is 5.91 Å². The van der Waals surface area contributed by atoms with Gasteiger partial charge in [0.15, 0.2) is 0 Å². The van der Waals surface area contributed by atoms with Gasteiger partial charge >= 0.3 is 0 Å². The van der Waals surface area contributed by atoms with Gasteiger partial charge in [-0.25, -0.2) is 0 Å². The van der Waals surface area contributed by atoms with Gasteiger partial charge in [0.2, 0.25) is 0 Å². The number of carbonyl (C=O) groups is 1. The molecule has 0 aliphatic rings. The van der Waals surface area contributed by atoms with Crippen molar-refractivity contribution in [1.82, 2.24) is 0 Å². The summed E-state index contributed by atoms with van der Waals surface area (Å²) in [6, 6.07) is 14.8. The molecule has 0 radical (unpaired) electrons. The fourth-order valence-electron chi connectivity index (χ4n) is 2.10. The average molecular weight is 340 g/mol. The summed E-state index contributed by atoms with van der Waals surface area (Å²) in [4.78, 5) is 14.3. The number of carbonyl (C=O) groups excluding carboxylic acids is 1. The topological polar surface area (TPSA) is 56.1 Å². The molecule has 0 heterocycles. The SMILES string of the molecule is Cc1ccc(Cl)cc1NC(=O)/C(C#N)=C/c1ccc(N(C)C)cc1. The number of nitriles is 1. The van der Waals surface area contributed by atoms with E-state index in [0.717, 1.165) is 16.8 Å². The third-order valence-corrected chi connectivity index (χ3v) is 3.77. The minimum atomic E-state index is -0.459. The first-order valence-electron chi connectivity index (χ1n) is 7.37. The van der Waals surface area contributed by atoms with Gasteiger partial charge in [-0.2, -0.15) is 5.26 Å². The largest absolute Gasteiger partial charge is 0.378 e. The quantitative estimate of drug-likeness (QED) is 0.669. The molecule has 0 spiro atoms. The number of hydrogen-bond acceptors (Lipinski definition) is 3. The van der Waals surface area contributed by atoms with E-state index in [9.17, 15) is 10.1 Å². The van der Waals surface area contributed by atoms with Crippen LogP contribution >= 0.6 is 11.6 Å². The van der Waals surface area contributed by atoms with Gasteiger partial charge in [0.05, 0.1) is 0 Å². The molecule has 0 aliphatic carbocycles. The standard InChI is InChI=1S/C19H18ClN3O/c1-13-4-7-16(20)11-18(13)22-19(24)15(12-21)10-14-5-8-17(9-6-14)23(2)3/h4-11H,1-3H3,(H,22,24)/b15-10+. The Balaban J connectivity index is 2.22. The van der Waals surface area contributed by atoms with E-state index in [2.05, 4.69) is 5.32 Å². The molecule has 0 aromatic heterocycles. The molecule has 0 saturated heterocycles. The second kappa shape index (κ2) is 7.67. The lowest BCUT2D eigenvalue weighted by Crippen LogP contribution is -2.14. The molecule has 0 fully saturated rings. The van der Waals surface area contributed by atoms with E-state index in [4.69, 9.17) is 11.6 Å². The van der Waals surface area contributed by atoms with E-state index in [1.165, 1.54) is 0 Å². The number of anilines is 2. The summed E-state index contributed by atoms with van der Waals surface area (Å²) in [5, 5.41) is 12.5. The van der Waals surface area contributed by atoms with Gasteiger partial charge < -0.3 is 10.2 Å². The fraction of sp³-hybridized carbons (Fsp3) is 0.158. The molecule has 0 aliphatic heterocycles. The lowest BCUT2D eigenvalue weighted by molar-refractivity contribution is -0.112. The van der Waals surface area contributed by atoms with Crippen LogP contribution in [0.2, 0.25) is 5.02 Å². The number of nitrogens with one attached hydrogen (secondary N) is 1. The summed E-state index contributed by atoms with van der Waals surface area (Å²) < 4.78 is 0. The first-order valence-corrected chi connectivity index (χ1v) is 7.75. The monoisotopic (exact) mass is 339 g/mol. The Bertz CT molecular complexity index is 817. The first kappa shape index (κ1) is 17.6. The van der Waals surface area contributed by atoms with Gasteiger partial charge in [-0.15, -0.1) is 0 Å². The van der Waals surface area contributed by atoms with E-state index in [-0.39, 0.29) is 5.57 Å². The van der Waals surface area contributed by atoms with Crippen LogP contribution in [0.1, 0.15) is 11.1 Å². The zero-order valence-electron chi connectivity index (χ0n) is 13.8. The molecular weight excluding hydrogens is 322 g/mol. The third-order valence-electron chi connectivity index (χ3n) is 3.53. The predicted molar refractivity (Wildman–Crippen MR) is 99.2 cm³/mol. The summed E-state index contributed by atoms with van der Waals surface area (Å²) in [7, 11) is 3.90. The number of nitrogens with zero attached hydrogens (tertiary/aromatic N) is 2. The van der Waals surface area contributed by atoms with Crippen molar-refractivity contribution in [2.45, 2.75) is 6.92 Å². The van der Waals surface area contributed by atoms with Crippen LogP contribution in [-0.2, 0) is 4.79 Å². The Kier molecular flexibility index (Phi) is 5.62. The maximum atomic E-state index is 12.3. The zero-order chi connectivity index (χ0) is 17.7.